The smallest absolute Gasteiger partial charge is 0.240 e. The van der Waals surface area contributed by atoms with Crippen molar-refractivity contribution < 1.29 is 13.2 Å². The summed E-state index contributed by atoms with van der Waals surface area (Å²) in [5.41, 5.74) is 1.56. The van der Waals surface area contributed by atoms with Crippen LogP contribution in [0.15, 0.2) is 23.1 Å². The molecule has 0 aromatic heterocycles. The Balaban J connectivity index is 1.55. The maximum Gasteiger partial charge on any atom is 0.240 e. The van der Waals surface area contributed by atoms with E-state index in [1.807, 2.05) is 11.0 Å². The molecule has 1 saturated carbocycles. The summed E-state index contributed by atoms with van der Waals surface area (Å²) >= 11 is 0. The number of nitrogens with one attached hydrogen (secondary N) is 1. The van der Waals surface area contributed by atoms with Gasteiger partial charge in [0.1, 0.15) is 0 Å². The van der Waals surface area contributed by atoms with Gasteiger partial charge in [-0.2, -0.15) is 0 Å². The van der Waals surface area contributed by atoms with Gasteiger partial charge in [-0.3, -0.25) is 9.69 Å². The molecule has 0 spiro atoms. The van der Waals surface area contributed by atoms with Crippen molar-refractivity contribution in [2.24, 2.45) is 5.92 Å². The van der Waals surface area contributed by atoms with Gasteiger partial charge in [-0.1, -0.05) is 20.8 Å². The van der Waals surface area contributed by atoms with Gasteiger partial charge in [-0.05, 0) is 62.5 Å². The first-order chi connectivity index (χ1) is 13.2. The zero-order valence-electron chi connectivity index (χ0n) is 17.1. The molecule has 0 bridgehead atoms. The molecule has 1 aromatic rings. The number of fused-ring (bicyclic) bond motifs is 1. The predicted octanol–water partition coefficient (Wildman–Crippen LogP) is 2.48. The molecule has 1 unspecified atom stereocenters. The quantitative estimate of drug-likeness (QED) is 0.789. The van der Waals surface area contributed by atoms with E-state index in [0.29, 0.717) is 18.0 Å². The molecule has 3 aliphatic rings. The number of amides is 1. The Morgan fingerprint density at radius 2 is 2.00 bits per heavy atom. The minimum atomic E-state index is -3.57. The number of benzene rings is 1. The van der Waals surface area contributed by atoms with E-state index in [1.165, 1.54) is 0 Å². The van der Waals surface area contributed by atoms with Crippen LogP contribution in [0.25, 0.3) is 0 Å². The average Bonchev–Trinajstić information content (AvgIpc) is 3.35. The van der Waals surface area contributed by atoms with E-state index < -0.39 is 10.0 Å². The van der Waals surface area contributed by atoms with Crippen LogP contribution in [-0.4, -0.2) is 51.4 Å². The highest BCUT2D eigenvalue weighted by atomic mass is 32.2. The molecule has 2 heterocycles. The summed E-state index contributed by atoms with van der Waals surface area (Å²) in [6.45, 7) is 9.32. The summed E-state index contributed by atoms with van der Waals surface area (Å²) in [5.74, 6) is 0.334. The minimum Gasteiger partial charge on any atom is -0.311 e. The van der Waals surface area contributed by atoms with E-state index in [2.05, 4.69) is 30.4 Å². The number of likely N-dealkylation sites (N-methyl/N-ethyl adjacent to an activating group) is 1. The Morgan fingerprint density at radius 1 is 1.25 bits per heavy atom. The van der Waals surface area contributed by atoms with Crippen molar-refractivity contribution >= 4 is 21.6 Å². The van der Waals surface area contributed by atoms with Gasteiger partial charge in [0.05, 0.1) is 4.90 Å². The summed E-state index contributed by atoms with van der Waals surface area (Å²) in [6.07, 6.45) is 4.10. The highest BCUT2D eigenvalue weighted by Gasteiger charge is 2.43. The third-order valence-electron chi connectivity index (χ3n) is 6.46. The fraction of sp³-hybridized carbons (Fsp3) is 0.667. The van der Waals surface area contributed by atoms with Crippen LogP contribution < -0.4 is 9.62 Å². The molecule has 1 aromatic carbocycles. The number of nitrogens with zero attached hydrogens (tertiary/aromatic N) is 2. The van der Waals surface area contributed by atoms with Crippen LogP contribution in [0.3, 0.4) is 0 Å². The summed E-state index contributed by atoms with van der Waals surface area (Å²) in [6, 6.07) is 5.50. The molecule has 4 rings (SSSR count). The lowest BCUT2D eigenvalue weighted by Crippen LogP contribution is -2.40. The van der Waals surface area contributed by atoms with Gasteiger partial charge < -0.3 is 4.90 Å². The van der Waals surface area contributed by atoms with Crippen molar-refractivity contribution in [2.45, 2.75) is 62.8 Å². The maximum atomic E-state index is 12.9. The van der Waals surface area contributed by atoms with Gasteiger partial charge in [-0.25, -0.2) is 13.1 Å². The molecule has 154 valence electrons. The summed E-state index contributed by atoms with van der Waals surface area (Å²) in [7, 11) is -3.57. The zero-order valence-corrected chi connectivity index (χ0v) is 17.9. The molecule has 1 N–H and O–H groups in total. The Kier molecular flexibility index (Phi) is 5.04. The topological polar surface area (TPSA) is 69.7 Å². The Bertz CT molecular complexity index is 877. The highest BCUT2D eigenvalue weighted by molar-refractivity contribution is 7.89. The van der Waals surface area contributed by atoms with Gasteiger partial charge in [0.25, 0.3) is 0 Å². The van der Waals surface area contributed by atoms with E-state index >= 15 is 0 Å². The van der Waals surface area contributed by atoms with Crippen LogP contribution in [0.4, 0.5) is 5.69 Å². The third-order valence-corrected chi connectivity index (χ3v) is 7.88. The second-order valence-corrected chi connectivity index (χ2v) is 10.8. The average molecular weight is 406 g/mol. The van der Waals surface area contributed by atoms with Crippen molar-refractivity contribution in [3.63, 3.8) is 0 Å². The number of carbonyl (C=O) groups excluding carboxylic acids is 1. The largest absolute Gasteiger partial charge is 0.311 e. The molecule has 2 fully saturated rings. The monoisotopic (exact) mass is 405 g/mol. The van der Waals surface area contributed by atoms with Crippen molar-refractivity contribution in [1.29, 1.82) is 0 Å². The van der Waals surface area contributed by atoms with Gasteiger partial charge >= 0.3 is 0 Å². The van der Waals surface area contributed by atoms with E-state index in [0.717, 1.165) is 50.0 Å². The highest BCUT2D eigenvalue weighted by Crippen LogP contribution is 2.44. The first kappa shape index (κ1) is 19.9. The van der Waals surface area contributed by atoms with Crippen LogP contribution in [0.5, 0.6) is 0 Å². The second-order valence-electron chi connectivity index (χ2n) is 9.04. The molecule has 2 aliphatic heterocycles. The second kappa shape index (κ2) is 7.11. The van der Waals surface area contributed by atoms with Gasteiger partial charge in [0.15, 0.2) is 0 Å². The number of carbonyl (C=O) groups is 1. The first-order valence-electron chi connectivity index (χ1n) is 10.4. The number of rotatable bonds is 6. The van der Waals surface area contributed by atoms with Crippen LogP contribution >= 0.6 is 0 Å². The summed E-state index contributed by atoms with van der Waals surface area (Å²) < 4.78 is 28.6. The SMILES string of the molecule is CCN1CCCC1CNS(=O)(=O)c1ccc2c(c1)C(C)(C)CN2C(=O)C1CC1. The number of likely N-dealkylation sites (tertiary alicyclic amines) is 1. The molecular weight excluding hydrogens is 374 g/mol. The Hall–Kier alpha value is -1.44. The fourth-order valence-corrected chi connectivity index (χ4v) is 5.70. The molecule has 7 heteroatoms. The Morgan fingerprint density at radius 3 is 2.68 bits per heavy atom. The standard InChI is InChI=1S/C21H31N3O3S/c1-4-23-11-5-6-16(23)13-22-28(26,27)17-9-10-19-18(12-17)21(2,3)14-24(19)20(25)15-7-8-15/h9-10,12,15-16,22H,4-8,11,13-14H2,1-3H3. The van der Waals surface area contributed by atoms with Crippen molar-refractivity contribution in [2.75, 3.05) is 31.1 Å². The van der Waals surface area contributed by atoms with E-state index in [9.17, 15) is 13.2 Å². The lowest BCUT2D eigenvalue weighted by Gasteiger charge is -2.23. The van der Waals surface area contributed by atoms with Crippen molar-refractivity contribution in [3.8, 4) is 0 Å². The molecule has 0 radical (unpaired) electrons. The van der Waals surface area contributed by atoms with Gasteiger partial charge in [0, 0.05) is 36.2 Å². The molecule has 28 heavy (non-hydrogen) atoms. The zero-order chi connectivity index (χ0) is 20.1. The van der Waals surface area contributed by atoms with Crippen LogP contribution in [0.1, 0.15) is 52.0 Å². The molecule has 6 nitrogen and oxygen atoms in total. The van der Waals surface area contributed by atoms with Crippen LogP contribution in [0, 0.1) is 5.92 Å². The summed E-state index contributed by atoms with van der Waals surface area (Å²) in [5, 5.41) is 0. The maximum absolute atomic E-state index is 12.9. The molecule has 1 aliphatic carbocycles. The third kappa shape index (κ3) is 3.60. The lowest BCUT2D eigenvalue weighted by atomic mass is 9.87. The molecular formula is C21H31N3O3S. The van der Waals surface area contributed by atoms with Crippen LogP contribution in [-0.2, 0) is 20.2 Å². The number of anilines is 1. The molecule has 1 atom stereocenters. The van der Waals surface area contributed by atoms with E-state index in [1.54, 1.807) is 12.1 Å². The van der Waals surface area contributed by atoms with E-state index in [-0.39, 0.29) is 23.3 Å². The first-order valence-corrected chi connectivity index (χ1v) is 11.9. The lowest BCUT2D eigenvalue weighted by molar-refractivity contribution is -0.119. The summed E-state index contributed by atoms with van der Waals surface area (Å²) in [4.78, 5) is 17.1. The van der Waals surface area contributed by atoms with E-state index in [4.69, 9.17) is 0 Å². The minimum absolute atomic E-state index is 0.153. The van der Waals surface area contributed by atoms with Crippen LogP contribution in [0.2, 0.25) is 0 Å². The number of hydrogen-bond donors (Lipinski definition) is 1. The number of hydrogen-bond acceptors (Lipinski definition) is 4. The van der Waals surface area contributed by atoms with Gasteiger partial charge in [0.2, 0.25) is 15.9 Å². The molecule has 1 amide bonds. The predicted molar refractivity (Wildman–Crippen MR) is 110 cm³/mol. The Labute approximate surface area is 168 Å². The van der Waals surface area contributed by atoms with Gasteiger partial charge in [-0.15, -0.1) is 0 Å². The number of sulfonamides is 1. The molecule has 1 saturated heterocycles. The normalized spacial score (nSPS) is 24.5. The van der Waals surface area contributed by atoms with Crippen molar-refractivity contribution in [3.05, 3.63) is 23.8 Å². The fourth-order valence-electron chi connectivity index (χ4n) is 4.60. The van der Waals surface area contributed by atoms with Crippen molar-refractivity contribution in [1.82, 2.24) is 9.62 Å².